The molecule has 36 heavy (non-hydrogen) atoms. The first-order valence-electron chi connectivity index (χ1n) is 13.1. The van der Waals surface area contributed by atoms with Crippen LogP contribution in [0.5, 0.6) is 0 Å². The van der Waals surface area contributed by atoms with Crippen LogP contribution in [-0.4, -0.2) is 77.9 Å². The second-order valence-corrected chi connectivity index (χ2v) is 10.3. The van der Waals surface area contributed by atoms with Crippen LogP contribution >= 0.6 is 0 Å². The van der Waals surface area contributed by atoms with Crippen molar-refractivity contribution >= 4 is 11.7 Å². The van der Waals surface area contributed by atoms with Crippen LogP contribution in [0.1, 0.15) is 66.5 Å². The van der Waals surface area contributed by atoms with Crippen molar-refractivity contribution in [2.75, 3.05) is 50.8 Å². The number of hydrogen-bond donors (Lipinski definition) is 2. The summed E-state index contributed by atoms with van der Waals surface area (Å²) in [5.74, 6) is 0.356. The molecule has 194 valence electrons. The van der Waals surface area contributed by atoms with Gasteiger partial charge in [-0.05, 0) is 49.3 Å². The van der Waals surface area contributed by atoms with E-state index in [0.717, 1.165) is 43.1 Å². The lowest BCUT2D eigenvalue weighted by molar-refractivity contribution is -0.133. The van der Waals surface area contributed by atoms with Gasteiger partial charge in [0.25, 0.3) is 0 Å². The Morgan fingerprint density at radius 2 is 1.97 bits per heavy atom. The summed E-state index contributed by atoms with van der Waals surface area (Å²) in [5, 5.41) is 13.9. The van der Waals surface area contributed by atoms with Crippen molar-refractivity contribution in [3.63, 3.8) is 0 Å². The van der Waals surface area contributed by atoms with Gasteiger partial charge in [-0.15, -0.1) is 0 Å². The van der Waals surface area contributed by atoms with Gasteiger partial charge in [0, 0.05) is 57.5 Å². The first kappa shape index (κ1) is 25.0. The van der Waals surface area contributed by atoms with Gasteiger partial charge in [-0.3, -0.25) is 4.79 Å². The molecule has 2 aromatic rings. The number of hydrogen-bond acceptors (Lipinski definition) is 7. The maximum absolute atomic E-state index is 14.4. The molecule has 3 heterocycles. The number of piperazine rings is 1. The minimum absolute atomic E-state index is 0.0224. The molecule has 1 aromatic heterocycles. The van der Waals surface area contributed by atoms with Crippen LogP contribution in [0.15, 0.2) is 24.5 Å². The minimum Gasteiger partial charge on any atom is -0.387 e. The van der Waals surface area contributed by atoms with Crippen LogP contribution in [0.25, 0.3) is 0 Å². The highest BCUT2D eigenvalue weighted by atomic mass is 19.1. The zero-order valence-corrected chi connectivity index (χ0v) is 21.1. The van der Waals surface area contributed by atoms with Gasteiger partial charge in [0.2, 0.25) is 5.91 Å². The summed E-state index contributed by atoms with van der Waals surface area (Å²) in [7, 11) is 0. The molecule has 2 aliphatic heterocycles. The topological polar surface area (TPSA) is 90.8 Å². The second kappa shape index (κ2) is 10.8. The maximum Gasteiger partial charge on any atom is 0.231 e. The summed E-state index contributed by atoms with van der Waals surface area (Å²) < 4.78 is 19.9. The van der Waals surface area contributed by atoms with Gasteiger partial charge in [0.1, 0.15) is 18.0 Å². The predicted molar refractivity (Wildman–Crippen MR) is 135 cm³/mol. The number of ether oxygens (including phenoxy) is 1. The first-order valence-corrected chi connectivity index (χ1v) is 13.1. The third-order valence-electron chi connectivity index (χ3n) is 7.90. The number of nitrogens with zero attached hydrogens (tertiary/aromatic N) is 4. The number of carbonyl (C=O) groups excluding carboxylic acids is 1. The van der Waals surface area contributed by atoms with Crippen molar-refractivity contribution < 1.29 is 19.0 Å². The lowest BCUT2D eigenvalue weighted by Crippen LogP contribution is -2.52. The van der Waals surface area contributed by atoms with E-state index in [0.29, 0.717) is 56.3 Å². The average molecular weight is 498 g/mol. The van der Waals surface area contributed by atoms with Crippen molar-refractivity contribution in [3.8, 4) is 0 Å². The molecule has 1 aromatic carbocycles. The van der Waals surface area contributed by atoms with E-state index in [9.17, 15) is 14.3 Å². The molecule has 0 saturated carbocycles. The summed E-state index contributed by atoms with van der Waals surface area (Å²) in [5.41, 5.74) is 3.04. The number of anilines is 1. The van der Waals surface area contributed by atoms with Crippen molar-refractivity contribution in [2.24, 2.45) is 0 Å². The molecule has 1 aliphatic carbocycles. The van der Waals surface area contributed by atoms with Crippen LogP contribution in [-0.2, 0) is 9.53 Å². The summed E-state index contributed by atoms with van der Waals surface area (Å²) in [6, 6.07) is 5.44. The Balaban J connectivity index is 1.29. The number of rotatable bonds is 6. The molecule has 3 aliphatic rings. The molecule has 0 spiro atoms. The Morgan fingerprint density at radius 1 is 1.22 bits per heavy atom. The standard InChI is InChI=1S/C27H36FN5O3/c1-17-3-4-19(14-22(17)28)21(15-29-20-5-11-36-12-6-20)27(35)33-9-7-32(8-10-33)26-24-18(2)13-23(34)25(24)30-16-31-26/h3-4,14,16,18,20-21,23,29,34H,5-13,15H2,1-2H3/t18-,21-,23-/m1/s1. The van der Waals surface area contributed by atoms with E-state index in [-0.39, 0.29) is 17.6 Å². The smallest absolute Gasteiger partial charge is 0.231 e. The molecule has 0 bridgehead atoms. The van der Waals surface area contributed by atoms with E-state index in [4.69, 9.17) is 4.74 Å². The van der Waals surface area contributed by atoms with Gasteiger partial charge in [-0.25, -0.2) is 14.4 Å². The number of nitrogens with one attached hydrogen (secondary N) is 1. The minimum atomic E-state index is -0.543. The number of amides is 1. The van der Waals surface area contributed by atoms with Crippen molar-refractivity contribution in [1.82, 2.24) is 20.2 Å². The number of aryl methyl sites for hydroxylation is 1. The number of aliphatic hydroxyl groups excluding tert-OH is 1. The third-order valence-corrected chi connectivity index (χ3v) is 7.90. The Kier molecular flexibility index (Phi) is 7.50. The van der Waals surface area contributed by atoms with E-state index in [1.807, 2.05) is 11.0 Å². The average Bonchev–Trinajstić information content (AvgIpc) is 3.20. The summed E-state index contributed by atoms with van der Waals surface area (Å²) in [4.78, 5) is 26.7. The summed E-state index contributed by atoms with van der Waals surface area (Å²) in [6.07, 6.45) is 3.47. The van der Waals surface area contributed by atoms with Gasteiger partial charge in [0.15, 0.2) is 0 Å². The van der Waals surface area contributed by atoms with Crippen molar-refractivity contribution in [2.45, 2.75) is 57.1 Å². The van der Waals surface area contributed by atoms with Gasteiger partial charge in [-0.2, -0.15) is 0 Å². The predicted octanol–water partition coefficient (Wildman–Crippen LogP) is 2.67. The molecule has 3 atom stereocenters. The fourth-order valence-electron chi connectivity index (χ4n) is 5.67. The highest BCUT2D eigenvalue weighted by Gasteiger charge is 2.35. The molecule has 5 rings (SSSR count). The molecule has 8 nitrogen and oxygen atoms in total. The van der Waals surface area contributed by atoms with E-state index >= 15 is 0 Å². The molecule has 0 unspecified atom stereocenters. The summed E-state index contributed by atoms with van der Waals surface area (Å²) >= 11 is 0. The normalized spacial score (nSPS) is 23.6. The van der Waals surface area contributed by atoms with E-state index < -0.39 is 12.0 Å². The Bertz CT molecular complexity index is 1090. The van der Waals surface area contributed by atoms with Crippen LogP contribution in [0, 0.1) is 12.7 Å². The number of halogens is 1. The molecular formula is C27H36FN5O3. The number of aromatic nitrogens is 2. The Morgan fingerprint density at radius 3 is 2.69 bits per heavy atom. The van der Waals surface area contributed by atoms with E-state index in [1.165, 1.54) is 12.4 Å². The molecule has 9 heteroatoms. The molecule has 2 fully saturated rings. The van der Waals surface area contributed by atoms with E-state index in [1.54, 1.807) is 13.0 Å². The van der Waals surface area contributed by atoms with Crippen LogP contribution in [0.2, 0.25) is 0 Å². The van der Waals surface area contributed by atoms with Gasteiger partial charge in [-0.1, -0.05) is 19.1 Å². The number of benzene rings is 1. The fraction of sp³-hybridized carbons (Fsp3) is 0.593. The zero-order chi connectivity index (χ0) is 25.2. The monoisotopic (exact) mass is 497 g/mol. The van der Waals surface area contributed by atoms with E-state index in [2.05, 4.69) is 27.1 Å². The Labute approximate surface area is 211 Å². The third kappa shape index (κ3) is 5.10. The summed E-state index contributed by atoms with van der Waals surface area (Å²) in [6.45, 7) is 8.19. The highest BCUT2D eigenvalue weighted by Crippen LogP contribution is 2.42. The zero-order valence-electron chi connectivity index (χ0n) is 21.1. The van der Waals surface area contributed by atoms with Gasteiger partial charge >= 0.3 is 0 Å². The lowest BCUT2D eigenvalue weighted by atomic mass is 9.95. The molecular weight excluding hydrogens is 461 g/mol. The largest absolute Gasteiger partial charge is 0.387 e. The van der Waals surface area contributed by atoms with Crippen molar-refractivity contribution in [1.29, 1.82) is 0 Å². The lowest BCUT2D eigenvalue weighted by Gasteiger charge is -2.38. The highest BCUT2D eigenvalue weighted by molar-refractivity contribution is 5.84. The van der Waals surface area contributed by atoms with Crippen LogP contribution in [0.3, 0.4) is 0 Å². The number of fused-ring (bicyclic) bond motifs is 1. The second-order valence-electron chi connectivity index (χ2n) is 10.3. The molecule has 0 radical (unpaired) electrons. The Hall–Kier alpha value is -2.62. The maximum atomic E-state index is 14.4. The van der Waals surface area contributed by atoms with Crippen LogP contribution in [0.4, 0.5) is 10.2 Å². The fourth-order valence-corrected chi connectivity index (χ4v) is 5.67. The van der Waals surface area contributed by atoms with Crippen molar-refractivity contribution in [3.05, 3.63) is 52.7 Å². The SMILES string of the molecule is Cc1ccc([C@@H](CNC2CCOCC2)C(=O)N2CCN(c3ncnc4c3[C@H](C)C[C@H]4O)CC2)cc1F. The van der Waals surface area contributed by atoms with Gasteiger partial charge in [0.05, 0.1) is 17.7 Å². The number of aliphatic hydroxyl groups is 1. The molecule has 1 amide bonds. The van der Waals surface area contributed by atoms with Crippen LogP contribution < -0.4 is 10.2 Å². The van der Waals surface area contributed by atoms with Gasteiger partial charge < -0.3 is 25.0 Å². The quantitative estimate of drug-likeness (QED) is 0.634. The first-order chi connectivity index (χ1) is 17.4. The number of carbonyl (C=O) groups is 1. The molecule has 2 saturated heterocycles. The molecule has 2 N–H and O–H groups in total.